The third kappa shape index (κ3) is 2.35. The molecule has 1 amide bonds. The minimum absolute atomic E-state index is 0.177. The molecular weight excluding hydrogens is 320 g/mol. The van der Waals surface area contributed by atoms with Gasteiger partial charge in [-0.3, -0.25) is 9.48 Å². The first-order chi connectivity index (χ1) is 11.4. The second kappa shape index (κ2) is 5.49. The highest BCUT2D eigenvalue weighted by Crippen LogP contribution is 2.49. The maximum absolute atomic E-state index is 12.7. The zero-order valence-corrected chi connectivity index (χ0v) is 15.4. The number of thioether (sulfide) groups is 1. The van der Waals surface area contributed by atoms with Crippen LogP contribution in [0.15, 0.2) is 23.1 Å². The standard InChI is InChI=1S/C18H24N4OS/c1-18(2,20-17(23)14-11-8-19-9-12(11)14)16-10-6-5-7-13(24-4)15(10)22(3)21-16/h5-7,11-12,14,19H,8-9H2,1-4H3,(H,20,23)/t11-,12+,14?. The first kappa shape index (κ1) is 16.0. The van der Waals surface area contributed by atoms with Crippen molar-refractivity contribution in [1.29, 1.82) is 0 Å². The van der Waals surface area contributed by atoms with Gasteiger partial charge in [0.1, 0.15) is 0 Å². The molecule has 1 saturated carbocycles. The number of nitrogens with one attached hydrogen (secondary N) is 2. The number of aromatic nitrogens is 2. The van der Waals surface area contributed by atoms with Gasteiger partial charge in [0.25, 0.3) is 0 Å². The van der Waals surface area contributed by atoms with Gasteiger partial charge >= 0.3 is 0 Å². The van der Waals surface area contributed by atoms with Gasteiger partial charge < -0.3 is 10.6 Å². The van der Waals surface area contributed by atoms with Gasteiger partial charge in [-0.05, 0) is 51.1 Å². The molecule has 0 spiro atoms. The van der Waals surface area contributed by atoms with Gasteiger partial charge in [-0.15, -0.1) is 11.8 Å². The monoisotopic (exact) mass is 344 g/mol. The Morgan fingerprint density at radius 1 is 1.38 bits per heavy atom. The molecule has 24 heavy (non-hydrogen) atoms. The molecule has 128 valence electrons. The first-order valence-corrected chi connectivity index (χ1v) is 9.69. The lowest BCUT2D eigenvalue weighted by Crippen LogP contribution is -2.43. The summed E-state index contributed by atoms with van der Waals surface area (Å²) in [6, 6.07) is 6.28. The van der Waals surface area contributed by atoms with E-state index >= 15 is 0 Å². The third-order valence-electron chi connectivity index (χ3n) is 5.47. The number of hydrogen-bond acceptors (Lipinski definition) is 4. The van der Waals surface area contributed by atoms with E-state index in [0.29, 0.717) is 11.8 Å². The largest absolute Gasteiger partial charge is 0.345 e. The Morgan fingerprint density at radius 2 is 2.08 bits per heavy atom. The van der Waals surface area contributed by atoms with E-state index < -0.39 is 5.54 Å². The van der Waals surface area contributed by atoms with E-state index in [1.165, 1.54) is 4.90 Å². The Morgan fingerprint density at radius 3 is 2.75 bits per heavy atom. The van der Waals surface area contributed by atoms with E-state index in [1.54, 1.807) is 11.8 Å². The van der Waals surface area contributed by atoms with Gasteiger partial charge in [0.2, 0.25) is 5.91 Å². The van der Waals surface area contributed by atoms with E-state index in [9.17, 15) is 4.79 Å². The smallest absolute Gasteiger partial charge is 0.224 e. The Hall–Kier alpha value is -1.53. The molecule has 3 atom stereocenters. The zero-order valence-electron chi connectivity index (χ0n) is 14.6. The summed E-state index contributed by atoms with van der Waals surface area (Å²) >= 11 is 1.72. The van der Waals surface area contributed by atoms with Crippen molar-refractivity contribution in [3.05, 3.63) is 23.9 Å². The van der Waals surface area contributed by atoms with E-state index in [4.69, 9.17) is 5.10 Å². The molecule has 4 rings (SSSR count). The summed E-state index contributed by atoms with van der Waals surface area (Å²) in [7, 11) is 1.97. The van der Waals surface area contributed by atoms with Crippen LogP contribution in [0.4, 0.5) is 0 Å². The molecule has 0 bridgehead atoms. The maximum atomic E-state index is 12.7. The van der Waals surface area contributed by atoms with E-state index in [0.717, 1.165) is 29.7 Å². The van der Waals surface area contributed by atoms with Crippen molar-refractivity contribution in [1.82, 2.24) is 20.4 Å². The number of amides is 1. The normalized spacial score (nSPS) is 25.8. The van der Waals surface area contributed by atoms with Crippen molar-refractivity contribution in [2.24, 2.45) is 24.8 Å². The van der Waals surface area contributed by atoms with Crippen molar-refractivity contribution in [3.8, 4) is 0 Å². The van der Waals surface area contributed by atoms with Crippen molar-refractivity contribution in [2.45, 2.75) is 24.3 Å². The Kier molecular flexibility index (Phi) is 3.65. The zero-order chi connectivity index (χ0) is 17.1. The number of hydrogen-bond donors (Lipinski definition) is 2. The molecule has 2 fully saturated rings. The molecular formula is C18H24N4OS. The Bertz CT molecular complexity index is 803. The SMILES string of the molecule is CSc1cccc2c(C(C)(C)NC(=O)C3[C@H]4CNC[C@@H]34)nn(C)c12. The average molecular weight is 344 g/mol. The van der Waals surface area contributed by atoms with Gasteiger partial charge in [-0.25, -0.2) is 0 Å². The van der Waals surface area contributed by atoms with Crippen LogP contribution in [0.3, 0.4) is 0 Å². The fraction of sp³-hybridized carbons (Fsp3) is 0.556. The van der Waals surface area contributed by atoms with E-state index in [2.05, 4.69) is 48.9 Å². The highest BCUT2D eigenvalue weighted by molar-refractivity contribution is 7.98. The van der Waals surface area contributed by atoms with Crippen LogP contribution in [0.2, 0.25) is 0 Å². The molecule has 1 saturated heterocycles. The number of fused-ring (bicyclic) bond motifs is 2. The van der Waals surface area contributed by atoms with Crippen molar-refractivity contribution >= 4 is 28.6 Å². The van der Waals surface area contributed by atoms with Crippen LogP contribution in [0.5, 0.6) is 0 Å². The van der Waals surface area contributed by atoms with Crippen molar-refractivity contribution < 1.29 is 4.79 Å². The van der Waals surface area contributed by atoms with Crippen LogP contribution in [-0.2, 0) is 17.4 Å². The summed E-state index contributed by atoms with van der Waals surface area (Å²) in [6.45, 7) is 6.06. The molecule has 2 aliphatic rings. The highest BCUT2D eigenvalue weighted by Gasteiger charge is 2.57. The van der Waals surface area contributed by atoms with Gasteiger partial charge in [-0.2, -0.15) is 5.10 Å². The molecule has 0 radical (unpaired) electrons. The highest BCUT2D eigenvalue weighted by atomic mass is 32.2. The molecule has 2 aromatic rings. The number of nitrogens with zero attached hydrogens (tertiary/aromatic N) is 2. The second-order valence-corrected chi connectivity index (χ2v) is 8.30. The van der Waals surface area contributed by atoms with Gasteiger partial charge in [0.05, 0.1) is 16.7 Å². The van der Waals surface area contributed by atoms with Gasteiger partial charge in [0, 0.05) is 23.2 Å². The summed E-state index contributed by atoms with van der Waals surface area (Å²) < 4.78 is 1.93. The van der Waals surface area contributed by atoms with E-state index in [1.807, 2.05) is 11.7 Å². The predicted octanol–water partition coefficient (Wildman–Crippen LogP) is 2.11. The molecule has 1 unspecified atom stereocenters. The lowest BCUT2D eigenvalue weighted by molar-refractivity contribution is -0.124. The molecule has 1 aliphatic heterocycles. The molecule has 6 heteroatoms. The Balaban J connectivity index is 1.64. The molecule has 2 N–H and O–H groups in total. The van der Waals surface area contributed by atoms with Crippen LogP contribution >= 0.6 is 11.8 Å². The topological polar surface area (TPSA) is 59.0 Å². The molecule has 1 aromatic heterocycles. The summed E-state index contributed by atoms with van der Waals surface area (Å²) in [5.41, 5.74) is 1.58. The van der Waals surface area contributed by atoms with Crippen LogP contribution in [0.1, 0.15) is 19.5 Å². The first-order valence-electron chi connectivity index (χ1n) is 8.47. The number of benzene rings is 1. The third-order valence-corrected chi connectivity index (χ3v) is 6.24. The lowest BCUT2D eigenvalue weighted by atomic mass is 9.96. The lowest BCUT2D eigenvalue weighted by Gasteiger charge is -2.25. The number of para-hydroxylation sites is 1. The maximum Gasteiger partial charge on any atom is 0.224 e. The molecule has 2 heterocycles. The van der Waals surface area contributed by atoms with Crippen LogP contribution in [0, 0.1) is 17.8 Å². The molecule has 5 nitrogen and oxygen atoms in total. The fourth-order valence-electron chi connectivity index (χ4n) is 4.19. The predicted molar refractivity (Wildman–Crippen MR) is 97.0 cm³/mol. The number of rotatable bonds is 4. The summed E-state index contributed by atoms with van der Waals surface area (Å²) in [4.78, 5) is 13.9. The van der Waals surface area contributed by atoms with Gasteiger partial charge in [-0.1, -0.05) is 12.1 Å². The Labute approximate surface area is 146 Å². The second-order valence-electron chi connectivity index (χ2n) is 7.45. The number of aryl methyl sites for hydroxylation is 1. The minimum Gasteiger partial charge on any atom is -0.345 e. The average Bonchev–Trinajstić information content (AvgIpc) is 2.88. The van der Waals surface area contributed by atoms with E-state index in [-0.39, 0.29) is 11.8 Å². The van der Waals surface area contributed by atoms with Crippen molar-refractivity contribution in [3.63, 3.8) is 0 Å². The van der Waals surface area contributed by atoms with Crippen LogP contribution in [-0.4, -0.2) is 35.0 Å². The fourth-order valence-corrected chi connectivity index (χ4v) is 4.84. The number of carbonyl (C=O) groups is 1. The van der Waals surface area contributed by atoms with Gasteiger partial charge in [0.15, 0.2) is 0 Å². The summed E-state index contributed by atoms with van der Waals surface area (Å²) in [5.74, 6) is 1.42. The quantitative estimate of drug-likeness (QED) is 0.834. The molecule has 1 aliphatic carbocycles. The van der Waals surface area contributed by atoms with Crippen molar-refractivity contribution in [2.75, 3.05) is 19.3 Å². The van der Waals surface area contributed by atoms with Crippen LogP contribution < -0.4 is 10.6 Å². The summed E-state index contributed by atoms with van der Waals surface area (Å²) in [5, 5.41) is 12.5. The number of carbonyl (C=O) groups excluding carboxylic acids is 1. The van der Waals surface area contributed by atoms with Crippen LogP contribution in [0.25, 0.3) is 10.9 Å². The summed E-state index contributed by atoms with van der Waals surface area (Å²) in [6.07, 6.45) is 2.08. The minimum atomic E-state index is -0.488. The molecule has 1 aromatic carbocycles. The number of piperidine rings is 1.